The molecule has 0 unspecified atom stereocenters. The fourth-order valence-corrected chi connectivity index (χ4v) is 0.765. The van der Waals surface area contributed by atoms with Crippen molar-refractivity contribution in [2.24, 2.45) is 5.92 Å². The maximum absolute atomic E-state index is 10.9. The van der Waals surface area contributed by atoms with Gasteiger partial charge in [-0.15, -0.1) is 0 Å². The van der Waals surface area contributed by atoms with Crippen molar-refractivity contribution >= 4 is 5.97 Å². The summed E-state index contributed by atoms with van der Waals surface area (Å²) in [5, 5.41) is 17.5. The molecule has 0 saturated carbocycles. The molecule has 0 aliphatic rings. The van der Waals surface area contributed by atoms with Crippen LogP contribution in [-0.2, 0) is 9.53 Å². The van der Waals surface area contributed by atoms with E-state index in [9.17, 15) is 4.79 Å². The second-order valence-corrected chi connectivity index (χ2v) is 3.35. The molecule has 0 aliphatic heterocycles. The number of rotatable bonds is 6. The first kappa shape index (κ1) is 12.4. The highest BCUT2D eigenvalue weighted by molar-refractivity contribution is 5.69. The van der Waals surface area contributed by atoms with Gasteiger partial charge in [0.15, 0.2) is 0 Å². The number of esters is 1. The molecule has 0 fully saturated rings. The third-order valence-electron chi connectivity index (χ3n) is 1.65. The quantitative estimate of drug-likeness (QED) is 0.592. The Labute approximate surface area is 78.5 Å². The molecule has 0 heterocycles. The normalized spacial score (nSPS) is 15.1. The Morgan fingerprint density at radius 3 is 2.54 bits per heavy atom. The molecule has 2 atom stereocenters. The number of carbonyl (C=O) groups excluding carboxylic acids is 1. The molecule has 0 bridgehead atoms. The van der Waals surface area contributed by atoms with Gasteiger partial charge < -0.3 is 14.9 Å². The lowest BCUT2D eigenvalue weighted by Crippen LogP contribution is -2.14. The Balaban J connectivity index is 3.37. The summed E-state index contributed by atoms with van der Waals surface area (Å²) in [7, 11) is 0. The van der Waals surface area contributed by atoms with Gasteiger partial charge in [0, 0.05) is 6.61 Å². The van der Waals surface area contributed by atoms with E-state index in [0.717, 1.165) is 0 Å². The largest absolute Gasteiger partial charge is 0.466 e. The van der Waals surface area contributed by atoms with E-state index in [-0.39, 0.29) is 24.9 Å². The molecule has 0 aromatic carbocycles. The van der Waals surface area contributed by atoms with Crippen LogP contribution in [0, 0.1) is 5.92 Å². The molecule has 4 nitrogen and oxygen atoms in total. The fraction of sp³-hybridized carbons (Fsp3) is 0.889. The molecule has 0 spiro atoms. The lowest BCUT2D eigenvalue weighted by molar-refractivity contribution is -0.146. The summed E-state index contributed by atoms with van der Waals surface area (Å²) in [5.41, 5.74) is 0. The SMILES string of the molecule is C[C@@H](CO)CCOC(=O)C[C@@H](C)O. The first-order chi connectivity index (χ1) is 6.06. The Kier molecular flexibility index (Phi) is 6.54. The van der Waals surface area contributed by atoms with Crippen LogP contribution in [0.3, 0.4) is 0 Å². The Morgan fingerprint density at radius 1 is 1.46 bits per heavy atom. The zero-order valence-corrected chi connectivity index (χ0v) is 8.19. The second-order valence-electron chi connectivity index (χ2n) is 3.35. The predicted octanol–water partition coefficient (Wildman–Crippen LogP) is 0.319. The molecule has 0 rings (SSSR count). The third-order valence-corrected chi connectivity index (χ3v) is 1.65. The van der Waals surface area contributed by atoms with Crippen molar-refractivity contribution in [2.45, 2.75) is 32.8 Å². The highest BCUT2D eigenvalue weighted by Crippen LogP contribution is 2.01. The van der Waals surface area contributed by atoms with Crippen LogP contribution in [0.25, 0.3) is 0 Å². The maximum Gasteiger partial charge on any atom is 0.308 e. The minimum absolute atomic E-state index is 0.0352. The van der Waals surface area contributed by atoms with E-state index in [1.165, 1.54) is 6.92 Å². The average Bonchev–Trinajstić information content (AvgIpc) is 2.02. The highest BCUT2D eigenvalue weighted by atomic mass is 16.5. The third kappa shape index (κ3) is 7.74. The van der Waals surface area contributed by atoms with E-state index in [2.05, 4.69) is 0 Å². The lowest BCUT2D eigenvalue weighted by atomic mass is 10.1. The Bertz CT molecular complexity index is 145. The van der Waals surface area contributed by atoms with Crippen LogP contribution in [0.2, 0.25) is 0 Å². The van der Waals surface area contributed by atoms with E-state index in [4.69, 9.17) is 14.9 Å². The molecule has 0 amide bonds. The fourth-order valence-electron chi connectivity index (χ4n) is 0.765. The zero-order chi connectivity index (χ0) is 10.3. The summed E-state index contributed by atoms with van der Waals surface area (Å²) in [5.74, 6) is -0.237. The minimum Gasteiger partial charge on any atom is -0.466 e. The van der Waals surface area contributed by atoms with E-state index >= 15 is 0 Å². The lowest BCUT2D eigenvalue weighted by Gasteiger charge is -2.09. The summed E-state index contributed by atoms with van der Waals surface area (Å²) in [6.07, 6.45) is 0.0398. The number of hydrogen-bond acceptors (Lipinski definition) is 4. The highest BCUT2D eigenvalue weighted by Gasteiger charge is 2.07. The number of ether oxygens (including phenoxy) is 1. The molecule has 0 radical (unpaired) electrons. The maximum atomic E-state index is 10.9. The van der Waals surface area contributed by atoms with Crippen LogP contribution in [0.15, 0.2) is 0 Å². The van der Waals surface area contributed by atoms with Gasteiger partial charge in [-0.25, -0.2) is 0 Å². The van der Waals surface area contributed by atoms with Gasteiger partial charge in [0.25, 0.3) is 0 Å². The summed E-state index contributed by atoms with van der Waals surface area (Å²) in [4.78, 5) is 10.9. The van der Waals surface area contributed by atoms with Crippen molar-refractivity contribution in [3.63, 3.8) is 0 Å². The van der Waals surface area contributed by atoms with Crippen LogP contribution in [-0.4, -0.2) is 35.5 Å². The predicted molar refractivity (Wildman–Crippen MR) is 48.1 cm³/mol. The standard InChI is InChI=1S/C9H18O4/c1-7(6-10)3-4-13-9(12)5-8(2)11/h7-8,10-11H,3-6H2,1-2H3/t7-,8-/m1/s1. The molecule has 0 aromatic heterocycles. The topological polar surface area (TPSA) is 66.8 Å². The number of carbonyl (C=O) groups is 1. The minimum atomic E-state index is -0.650. The van der Waals surface area contributed by atoms with Gasteiger partial charge in [0.1, 0.15) is 0 Å². The summed E-state index contributed by atoms with van der Waals surface area (Å²) < 4.78 is 4.82. The molecule has 2 N–H and O–H groups in total. The Hall–Kier alpha value is -0.610. The van der Waals surface area contributed by atoms with Crippen LogP contribution >= 0.6 is 0 Å². The summed E-state index contributed by atoms with van der Waals surface area (Å²) in [6, 6.07) is 0. The van der Waals surface area contributed by atoms with Crippen molar-refractivity contribution in [1.82, 2.24) is 0 Å². The van der Waals surface area contributed by atoms with Crippen molar-refractivity contribution in [3.05, 3.63) is 0 Å². The van der Waals surface area contributed by atoms with Crippen LogP contribution in [0.4, 0.5) is 0 Å². The number of aliphatic hydroxyl groups is 2. The van der Waals surface area contributed by atoms with Crippen molar-refractivity contribution in [1.29, 1.82) is 0 Å². The first-order valence-corrected chi connectivity index (χ1v) is 4.50. The van der Waals surface area contributed by atoms with Crippen LogP contribution in [0.5, 0.6) is 0 Å². The van der Waals surface area contributed by atoms with Gasteiger partial charge in [-0.2, -0.15) is 0 Å². The summed E-state index contributed by atoms with van der Waals surface area (Å²) >= 11 is 0. The molecular formula is C9H18O4. The van der Waals surface area contributed by atoms with Gasteiger partial charge in [-0.1, -0.05) is 6.92 Å². The van der Waals surface area contributed by atoms with Gasteiger partial charge in [-0.05, 0) is 19.3 Å². The van der Waals surface area contributed by atoms with Gasteiger partial charge in [0.2, 0.25) is 0 Å². The van der Waals surface area contributed by atoms with Gasteiger partial charge >= 0.3 is 5.97 Å². The second kappa shape index (κ2) is 6.86. The number of hydrogen-bond donors (Lipinski definition) is 2. The molecular weight excluding hydrogens is 172 g/mol. The molecule has 78 valence electrons. The molecule has 0 aliphatic carbocycles. The van der Waals surface area contributed by atoms with Crippen LogP contribution < -0.4 is 0 Å². The van der Waals surface area contributed by atoms with Crippen molar-refractivity contribution < 1.29 is 19.7 Å². The van der Waals surface area contributed by atoms with E-state index in [0.29, 0.717) is 13.0 Å². The monoisotopic (exact) mass is 190 g/mol. The van der Waals surface area contributed by atoms with Crippen molar-refractivity contribution in [2.75, 3.05) is 13.2 Å². The molecule has 0 aromatic rings. The zero-order valence-electron chi connectivity index (χ0n) is 8.19. The molecule has 0 saturated heterocycles. The van der Waals surface area contributed by atoms with E-state index in [1.807, 2.05) is 6.92 Å². The molecule has 4 heteroatoms. The summed E-state index contributed by atoms with van der Waals surface area (Å²) in [6.45, 7) is 3.83. The number of aliphatic hydroxyl groups excluding tert-OH is 2. The van der Waals surface area contributed by atoms with E-state index in [1.54, 1.807) is 0 Å². The van der Waals surface area contributed by atoms with Crippen molar-refractivity contribution in [3.8, 4) is 0 Å². The average molecular weight is 190 g/mol. The Morgan fingerprint density at radius 2 is 2.08 bits per heavy atom. The first-order valence-electron chi connectivity index (χ1n) is 4.50. The van der Waals surface area contributed by atoms with Gasteiger partial charge in [0.05, 0.1) is 19.1 Å². The van der Waals surface area contributed by atoms with Gasteiger partial charge in [-0.3, -0.25) is 4.79 Å². The van der Waals surface area contributed by atoms with Crippen LogP contribution in [0.1, 0.15) is 26.7 Å². The van der Waals surface area contributed by atoms with E-state index < -0.39 is 6.10 Å². The smallest absolute Gasteiger partial charge is 0.308 e. The molecule has 13 heavy (non-hydrogen) atoms.